The minimum absolute atomic E-state index is 0.256. The predicted octanol–water partition coefficient (Wildman–Crippen LogP) is 5.08. The van der Waals surface area contributed by atoms with Crippen molar-refractivity contribution >= 4 is 52.5 Å². The lowest BCUT2D eigenvalue weighted by atomic mass is 9.95. The fourth-order valence-corrected chi connectivity index (χ4v) is 4.92. The van der Waals surface area contributed by atoms with Gasteiger partial charge in [-0.1, -0.05) is 40.9 Å². The molecule has 11 heteroatoms. The zero-order valence-electron chi connectivity index (χ0n) is 19.3. The van der Waals surface area contributed by atoms with Gasteiger partial charge in [0.15, 0.2) is 0 Å². The van der Waals surface area contributed by atoms with Crippen LogP contribution in [0.4, 0.5) is 10.5 Å². The standard InChI is InChI=1S/C24H29Cl3N4O4/c1-35-22-12-20(28)19(27)11-17(22)23(32)29-13-14-4-7-31(8-5-14)9-6-21(30-24(33)34)16-3-2-15(25)10-18(16)26/h2-3,10-12,14,21,30H,4-9,13,28H2,1H3,(H,29,32)(H,33,34). The van der Waals surface area contributed by atoms with E-state index in [2.05, 4.69) is 15.5 Å². The van der Waals surface area contributed by atoms with Gasteiger partial charge >= 0.3 is 6.09 Å². The number of carboxylic acid groups (broad SMARTS) is 1. The fraction of sp³-hybridized carbons (Fsp3) is 0.417. The summed E-state index contributed by atoms with van der Waals surface area (Å²) in [5.41, 5.74) is 7.19. The second-order valence-corrected chi connectivity index (χ2v) is 9.78. The van der Waals surface area contributed by atoms with E-state index in [4.69, 9.17) is 45.3 Å². The highest BCUT2D eigenvalue weighted by atomic mass is 35.5. The van der Waals surface area contributed by atoms with Crippen LogP contribution in [0, 0.1) is 5.92 Å². The molecule has 8 nitrogen and oxygen atoms in total. The molecular formula is C24H29Cl3N4O4. The summed E-state index contributed by atoms with van der Waals surface area (Å²) in [5.74, 6) is 0.460. The summed E-state index contributed by atoms with van der Waals surface area (Å²) >= 11 is 18.3. The van der Waals surface area contributed by atoms with Crippen LogP contribution in [0.2, 0.25) is 15.1 Å². The number of hydrogen-bond acceptors (Lipinski definition) is 5. The highest BCUT2D eigenvalue weighted by Gasteiger charge is 2.23. The zero-order valence-corrected chi connectivity index (χ0v) is 21.6. The molecule has 1 unspecified atom stereocenters. The van der Waals surface area contributed by atoms with Crippen LogP contribution >= 0.6 is 34.8 Å². The van der Waals surface area contributed by atoms with E-state index in [1.54, 1.807) is 24.3 Å². The molecule has 0 bridgehead atoms. The molecule has 0 aliphatic carbocycles. The van der Waals surface area contributed by atoms with E-state index in [-0.39, 0.29) is 5.91 Å². The number of carbonyl (C=O) groups is 2. The summed E-state index contributed by atoms with van der Waals surface area (Å²) in [7, 11) is 1.48. The van der Waals surface area contributed by atoms with Gasteiger partial charge in [0, 0.05) is 29.2 Å². The number of hydrogen-bond donors (Lipinski definition) is 4. The SMILES string of the molecule is COc1cc(N)c(Cl)cc1C(=O)NCC1CCN(CCC(NC(=O)O)c2ccc(Cl)cc2Cl)CC1. The molecule has 0 aromatic heterocycles. The first-order valence-corrected chi connectivity index (χ1v) is 12.4. The number of methoxy groups -OCH3 is 1. The lowest BCUT2D eigenvalue weighted by molar-refractivity contribution is 0.0932. The van der Waals surface area contributed by atoms with Crippen molar-refractivity contribution in [2.24, 2.45) is 5.92 Å². The zero-order chi connectivity index (χ0) is 25.5. The van der Waals surface area contributed by atoms with Gasteiger partial charge in [0.25, 0.3) is 5.91 Å². The first-order chi connectivity index (χ1) is 16.7. The Morgan fingerprint density at radius 1 is 1.17 bits per heavy atom. The Bertz CT molecular complexity index is 1060. The maximum Gasteiger partial charge on any atom is 0.405 e. The average molecular weight is 544 g/mol. The largest absolute Gasteiger partial charge is 0.496 e. The third-order valence-corrected chi connectivity index (χ3v) is 7.08. The molecule has 0 saturated carbocycles. The molecule has 35 heavy (non-hydrogen) atoms. The van der Waals surface area contributed by atoms with E-state index in [1.807, 2.05) is 0 Å². The Morgan fingerprint density at radius 2 is 1.89 bits per heavy atom. The predicted molar refractivity (Wildman–Crippen MR) is 139 cm³/mol. The molecule has 2 aromatic carbocycles. The minimum atomic E-state index is -1.10. The molecular weight excluding hydrogens is 515 g/mol. The van der Waals surface area contributed by atoms with E-state index in [9.17, 15) is 14.7 Å². The van der Waals surface area contributed by atoms with Crippen molar-refractivity contribution in [3.05, 3.63) is 56.5 Å². The fourth-order valence-electron chi connectivity index (χ4n) is 4.21. The van der Waals surface area contributed by atoms with Crippen LogP contribution in [0.3, 0.4) is 0 Å². The summed E-state index contributed by atoms with van der Waals surface area (Å²) < 4.78 is 5.26. The number of piperidine rings is 1. The molecule has 1 atom stereocenters. The summed E-state index contributed by atoms with van der Waals surface area (Å²) in [6.07, 6.45) is 1.30. The van der Waals surface area contributed by atoms with Gasteiger partial charge in [-0.15, -0.1) is 0 Å². The Kier molecular flexibility index (Phi) is 9.74. The molecule has 2 aromatic rings. The van der Waals surface area contributed by atoms with E-state index < -0.39 is 12.1 Å². The number of benzene rings is 2. The first kappa shape index (κ1) is 27.2. The van der Waals surface area contributed by atoms with Crippen molar-refractivity contribution in [3.63, 3.8) is 0 Å². The van der Waals surface area contributed by atoms with Gasteiger partial charge in [0.05, 0.1) is 29.4 Å². The highest BCUT2D eigenvalue weighted by Crippen LogP contribution is 2.30. The van der Waals surface area contributed by atoms with E-state index in [0.717, 1.165) is 25.9 Å². The smallest absolute Gasteiger partial charge is 0.405 e. The number of carbonyl (C=O) groups excluding carboxylic acids is 1. The lowest BCUT2D eigenvalue weighted by Gasteiger charge is -2.33. The number of nitrogens with one attached hydrogen (secondary N) is 2. The third kappa shape index (κ3) is 7.54. The van der Waals surface area contributed by atoms with Crippen LogP contribution in [0.1, 0.15) is 41.2 Å². The van der Waals surface area contributed by atoms with Crippen molar-refractivity contribution in [3.8, 4) is 5.75 Å². The van der Waals surface area contributed by atoms with Gasteiger partial charge in [-0.05, 0) is 62.0 Å². The number of nitrogen functional groups attached to an aromatic ring is 1. The maximum absolute atomic E-state index is 12.7. The van der Waals surface area contributed by atoms with Crippen molar-refractivity contribution in [2.75, 3.05) is 39.0 Å². The molecule has 1 aliphatic rings. The second-order valence-electron chi connectivity index (χ2n) is 8.53. The Morgan fingerprint density at radius 3 is 2.51 bits per heavy atom. The number of ether oxygens (including phenoxy) is 1. The van der Waals surface area contributed by atoms with Gasteiger partial charge in [-0.25, -0.2) is 4.79 Å². The molecule has 1 heterocycles. The first-order valence-electron chi connectivity index (χ1n) is 11.3. The number of nitrogens with two attached hydrogens (primary N) is 1. The Hall–Kier alpha value is -2.39. The van der Waals surface area contributed by atoms with Crippen LogP contribution in [0.5, 0.6) is 5.75 Å². The van der Waals surface area contributed by atoms with Crippen molar-refractivity contribution in [1.82, 2.24) is 15.5 Å². The number of amides is 2. The molecule has 1 saturated heterocycles. The molecule has 3 rings (SSSR count). The summed E-state index contributed by atoms with van der Waals surface area (Å²) in [6, 6.07) is 7.69. The molecule has 5 N–H and O–H groups in total. The number of halogens is 3. The minimum Gasteiger partial charge on any atom is -0.496 e. The average Bonchev–Trinajstić information content (AvgIpc) is 2.82. The van der Waals surface area contributed by atoms with Gasteiger partial charge in [0.2, 0.25) is 0 Å². The number of anilines is 1. The number of likely N-dealkylation sites (tertiary alicyclic amines) is 1. The van der Waals surface area contributed by atoms with Crippen LogP contribution in [0.15, 0.2) is 30.3 Å². The number of rotatable bonds is 9. The molecule has 190 valence electrons. The van der Waals surface area contributed by atoms with Crippen LogP contribution < -0.4 is 21.1 Å². The van der Waals surface area contributed by atoms with E-state index >= 15 is 0 Å². The topological polar surface area (TPSA) is 117 Å². The third-order valence-electron chi connectivity index (χ3n) is 6.19. The summed E-state index contributed by atoms with van der Waals surface area (Å²) in [6.45, 7) is 2.96. The van der Waals surface area contributed by atoms with Gasteiger partial charge in [-0.3, -0.25) is 4.79 Å². The summed E-state index contributed by atoms with van der Waals surface area (Å²) in [5, 5.41) is 16.0. The molecule has 0 radical (unpaired) electrons. The maximum atomic E-state index is 12.7. The quantitative estimate of drug-likeness (QED) is 0.328. The Labute approximate surface area is 219 Å². The second kappa shape index (κ2) is 12.5. The monoisotopic (exact) mass is 542 g/mol. The van der Waals surface area contributed by atoms with Gasteiger partial charge in [0.1, 0.15) is 5.75 Å². The highest BCUT2D eigenvalue weighted by molar-refractivity contribution is 6.35. The number of nitrogens with zero attached hydrogens (tertiary/aromatic N) is 1. The Balaban J connectivity index is 1.49. The molecule has 2 amide bonds. The van der Waals surface area contributed by atoms with Gasteiger partial charge in [-0.2, -0.15) is 0 Å². The molecule has 0 spiro atoms. The molecule has 1 fully saturated rings. The molecule has 1 aliphatic heterocycles. The van der Waals surface area contributed by atoms with Crippen molar-refractivity contribution < 1.29 is 19.4 Å². The normalized spacial score (nSPS) is 15.4. The van der Waals surface area contributed by atoms with Crippen molar-refractivity contribution in [1.29, 1.82) is 0 Å². The van der Waals surface area contributed by atoms with E-state index in [1.165, 1.54) is 13.2 Å². The van der Waals surface area contributed by atoms with Crippen LogP contribution in [-0.2, 0) is 0 Å². The van der Waals surface area contributed by atoms with Crippen molar-refractivity contribution in [2.45, 2.75) is 25.3 Å². The van der Waals surface area contributed by atoms with Crippen LogP contribution in [0.25, 0.3) is 0 Å². The van der Waals surface area contributed by atoms with E-state index in [0.29, 0.717) is 63.1 Å². The van der Waals surface area contributed by atoms with Crippen LogP contribution in [-0.4, -0.2) is 55.3 Å². The summed E-state index contributed by atoms with van der Waals surface area (Å²) in [4.78, 5) is 26.3. The lowest BCUT2D eigenvalue weighted by Crippen LogP contribution is -2.40. The van der Waals surface area contributed by atoms with Gasteiger partial charge < -0.3 is 31.1 Å².